The molecule has 2 unspecified atom stereocenters. The lowest BCUT2D eigenvalue weighted by atomic mass is 9.90. The summed E-state index contributed by atoms with van der Waals surface area (Å²) in [6.07, 6.45) is 1.89. The van der Waals surface area contributed by atoms with E-state index in [2.05, 4.69) is 0 Å². The van der Waals surface area contributed by atoms with Crippen molar-refractivity contribution >= 4 is 28.9 Å². The van der Waals surface area contributed by atoms with Crippen LogP contribution in [-0.2, 0) is 9.59 Å². The van der Waals surface area contributed by atoms with Gasteiger partial charge in [-0.3, -0.25) is 9.59 Å². The van der Waals surface area contributed by atoms with Crippen LogP contribution < -0.4 is 0 Å². The summed E-state index contributed by atoms with van der Waals surface area (Å²) in [6.45, 7) is 3.44. The zero-order chi connectivity index (χ0) is 14.7. The molecule has 2 saturated heterocycles. The van der Waals surface area contributed by atoms with E-state index in [0.29, 0.717) is 19.6 Å². The molecule has 112 valence electrons. The smallest absolute Gasteiger partial charge is 0.326 e. The van der Waals surface area contributed by atoms with Crippen molar-refractivity contribution in [3.63, 3.8) is 0 Å². The monoisotopic (exact) mass is 300 g/mol. The molecule has 0 aliphatic carbocycles. The first-order valence-electron chi connectivity index (χ1n) is 6.94. The molecular weight excluding hydrogens is 280 g/mol. The number of carboxylic acid groups (broad SMARTS) is 1. The highest BCUT2D eigenvalue weighted by Crippen LogP contribution is 2.24. The Bertz CT molecular complexity index is 415. The number of hydrogen-bond donors (Lipinski definition) is 1. The maximum atomic E-state index is 12.2. The van der Waals surface area contributed by atoms with Crippen molar-refractivity contribution in [2.45, 2.75) is 32.2 Å². The number of carbonyl (C=O) groups is 3. The van der Waals surface area contributed by atoms with Crippen LogP contribution in [0.4, 0.5) is 4.79 Å². The molecule has 0 radical (unpaired) electrons. The Labute approximate surface area is 122 Å². The third-order valence-electron chi connectivity index (χ3n) is 3.95. The van der Waals surface area contributed by atoms with E-state index in [4.69, 9.17) is 0 Å². The van der Waals surface area contributed by atoms with Crippen molar-refractivity contribution in [2.24, 2.45) is 5.92 Å². The van der Waals surface area contributed by atoms with Crippen LogP contribution in [0.2, 0.25) is 0 Å². The molecule has 2 heterocycles. The van der Waals surface area contributed by atoms with E-state index in [1.165, 1.54) is 16.7 Å². The second-order valence-corrected chi connectivity index (χ2v) is 6.39. The van der Waals surface area contributed by atoms with E-state index < -0.39 is 12.0 Å². The molecule has 0 aromatic carbocycles. The molecule has 0 spiro atoms. The van der Waals surface area contributed by atoms with Crippen LogP contribution in [0.15, 0.2) is 0 Å². The van der Waals surface area contributed by atoms with E-state index in [1.807, 2.05) is 6.92 Å². The van der Waals surface area contributed by atoms with Crippen molar-refractivity contribution in [1.29, 1.82) is 0 Å². The number of nitrogens with zero attached hydrogens (tertiary/aromatic N) is 2. The number of hydrogen-bond acceptors (Lipinski definition) is 4. The second kappa shape index (κ2) is 6.47. The van der Waals surface area contributed by atoms with Crippen LogP contribution in [0.25, 0.3) is 0 Å². The summed E-state index contributed by atoms with van der Waals surface area (Å²) in [6, 6.07) is -0.722. The molecular formula is C13H20N2O4S. The molecule has 0 saturated carbocycles. The van der Waals surface area contributed by atoms with Crippen molar-refractivity contribution in [1.82, 2.24) is 9.80 Å². The number of likely N-dealkylation sites (tertiary alicyclic amines) is 1. The summed E-state index contributed by atoms with van der Waals surface area (Å²) in [7, 11) is 0. The summed E-state index contributed by atoms with van der Waals surface area (Å²) >= 11 is 1.27. The van der Waals surface area contributed by atoms with Crippen LogP contribution >= 0.6 is 11.8 Å². The number of carbonyl (C=O) groups excluding carboxylic acids is 2. The summed E-state index contributed by atoms with van der Waals surface area (Å²) < 4.78 is 0. The highest BCUT2D eigenvalue weighted by Gasteiger charge is 2.37. The van der Waals surface area contributed by atoms with Crippen molar-refractivity contribution in [3.8, 4) is 0 Å². The van der Waals surface area contributed by atoms with Crippen LogP contribution in [0.5, 0.6) is 0 Å². The Balaban J connectivity index is 1.92. The number of piperidine rings is 1. The van der Waals surface area contributed by atoms with E-state index >= 15 is 0 Å². The first kappa shape index (κ1) is 15.2. The van der Waals surface area contributed by atoms with Gasteiger partial charge >= 0.3 is 5.97 Å². The largest absolute Gasteiger partial charge is 0.480 e. The number of aliphatic carboxylic acids is 1. The van der Waals surface area contributed by atoms with Gasteiger partial charge in [-0.1, -0.05) is 18.7 Å². The highest BCUT2D eigenvalue weighted by atomic mass is 32.2. The van der Waals surface area contributed by atoms with Gasteiger partial charge in [0.05, 0.1) is 0 Å². The molecule has 2 fully saturated rings. The van der Waals surface area contributed by atoms with Crippen molar-refractivity contribution in [2.75, 3.05) is 25.4 Å². The van der Waals surface area contributed by atoms with Gasteiger partial charge in [0.2, 0.25) is 5.91 Å². The van der Waals surface area contributed by atoms with Gasteiger partial charge in [-0.15, -0.1) is 0 Å². The van der Waals surface area contributed by atoms with E-state index in [-0.39, 0.29) is 23.5 Å². The van der Waals surface area contributed by atoms with Gasteiger partial charge in [-0.25, -0.2) is 4.79 Å². The average molecular weight is 300 g/mol. The number of carboxylic acids is 1. The molecule has 2 amide bonds. The lowest BCUT2D eigenvalue weighted by Crippen LogP contribution is -2.52. The summed E-state index contributed by atoms with van der Waals surface area (Å²) in [5, 5.41) is 9.30. The Morgan fingerprint density at radius 1 is 1.40 bits per heavy atom. The van der Waals surface area contributed by atoms with Crippen LogP contribution in [-0.4, -0.2) is 63.5 Å². The Hall–Kier alpha value is -1.24. The first-order chi connectivity index (χ1) is 9.50. The van der Waals surface area contributed by atoms with Crippen LogP contribution in [0.1, 0.15) is 26.2 Å². The van der Waals surface area contributed by atoms with Crippen molar-refractivity contribution < 1.29 is 19.5 Å². The second-order valence-electron chi connectivity index (χ2n) is 5.34. The Morgan fingerprint density at radius 2 is 2.15 bits per heavy atom. The van der Waals surface area contributed by atoms with E-state index in [9.17, 15) is 19.5 Å². The van der Waals surface area contributed by atoms with Crippen LogP contribution in [0, 0.1) is 5.92 Å². The third-order valence-corrected chi connectivity index (χ3v) is 4.84. The SMILES string of the molecule is CC1CCCN(C(=O)CCN2CCSC2=O)C1C(=O)O. The van der Waals surface area contributed by atoms with Crippen molar-refractivity contribution in [3.05, 3.63) is 0 Å². The fourth-order valence-electron chi connectivity index (χ4n) is 2.85. The molecule has 1 N–H and O–H groups in total. The molecule has 0 aromatic heterocycles. The zero-order valence-corrected chi connectivity index (χ0v) is 12.4. The number of amides is 2. The molecule has 0 bridgehead atoms. The van der Waals surface area contributed by atoms with E-state index in [1.54, 1.807) is 4.90 Å². The van der Waals surface area contributed by atoms with Gasteiger partial charge in [0.15, 0.2) is 0 Å². The molecule has 6 nitrogen and oxygen atoms in total. The average Bonchev–Trinajstić information content (AvgIpc) is 2.80. The van der Waals surface area contributed by atoms with Gasteiger partial charge in [-0.05, 0) is 18.8 Å². The van der Waals surface area contributed by atoms with Crippen LogP contribution in [0.3, 0.4) is 0 Å². The minimum absolute atomic E-state index is 0.0135. The summed E-state index contributed by atoms with van der Waals surface area (Å²) in [5.74, 6) is -0.341. The normalized spacial score (nSPS) is 26.9. The fourth-order valence-corrected chi connectivity index (χ4v) is 3.70. The number of rotatable bonds is 4. The third kappa shape index (κ3) is 3.26. The maximum Gasteiger partial charge on any atom is 0.326 e. The predicted molar refractivity (Wildman–Crippen MR) is 75.6 cm³/mol. The standard InChI is InChI=1S/C13H20N2O4S/c1-9-3-2-5-15(11(9)12(17)18)10(16)4-6-14-7-8-20-13(14)19/h9,11H,2-8H2,1H3,(H,17,18). The zero-order valence-electron chi connectivity index (χ0n) is 11.6. The molecule has 2 aliphatic heterocycles. The molecule has 7 heteroatoms. The Morgan fingerprint density at radius 3 is 2.75 bits per heavy atom. The molecule has 0 aromatic rings. The van der Waals surface area contributed by atoms with Gasteiger partial charge in [0.25, 0.3) is 5.24 Å². The molecule has 2 atom stereocenters. The molecule has 20 heavy (non-hydrogen) atoms. The highest BCUT2D eigenvalue weighted by molar-refractivity contribution is 8.13. The van der Waals surface area contributed by atoms with Gasteiger partial charge in [0.1, 0.15) is 6.04 Å². The molecule has 2 aliphatic rings. The predicted octanol–water partition coefficient (Wildman–Crippen LogP) is 1.26. The maximum absolute atomic E-state index is 12.2. The molecule has 2 rings (SSSR count). The Kier molecular flexibility index (Phi) is 4.91. The van der Waals surface area contributed by atoms with E-state index in [0.717, 1.165) is 18.6 Å². The minimum Gasteiger partial charge on any atom is -0.480 e. The van der Waals surface area contributed by atoms with Gasteiger partial charge < -0.3 is 14.9 Å². The lowest BCUT2D eigenvalue weighted by Gasteiger charge is -2.37. The van der Waals surface area contributed by atoms with Gasteiger partial charge in [0, 0.05) is 31.8 Å². The number of thioether (sulfide) groups is 1. The minimum atomic E-state index is -0.932. The first-order valence-corrected chi connectivity index (χ1v) is 7.93. The lowest BCUT2D eigenvalue weighted by molar-refractivity contribution is -0.154. The topological polar surface area (TPSA) is 77.9 Å². The summed E-state index contributed by atoms with van der Waals surface area (Å²) in [5.41, 5.74) is 0. The quantitative estimate of drug-likeness (QED) is 0.845. The summed E-state index contributed by atoms with van der Waals surface area (Å²) in [4.78, 5) is 38.2. The fraction of sp³-hybridized carbons (Fsp3) is 0.769. The van der Waals surface area contributed by atoms with Gasteiger partial charge in [-0.2, -0.15) is 0 Å².